The van der Waals surface area contributed by atoms with Crippen molar-refractivity contribution in [1.82, 2.24) is 0 Å². The van der Waals surface area contributed by atoms with Crippen LogP contribution in [0, 0.1) is 5.92 Å². The highest BCUT2D eigenvalue weighted by Crippen LogP contribution is 2.30. The van der Waals surface area contributed by atoms with Gasteiger partial charge in [-0.3, -0.25) is 4.90 Å². The van der Waals surface area contributed by atoms with Crippen LogP contribution in [0.4, 0.5) is 10.5 Å². The van der Waals surface area contributed by atoms with Crippen molar-refractivity contribution in [3.63, 3.8) is 0 Å². The van der Waals surface area contributed by atoms with Crippen LogP contribution in [-0.2, 0) is 4.74 Å². The van der Waals surface area contributed by atoms with Crippen molar-refractivity contribution in [3.8, 4) is 0 Å². The third-order valence-electron chi connectivity index (χ3n) is 3.53. The second-order valence-corrected chi connectivity index (χ2v) is 5.34. The summed E-state index contributed by atoms with van der Waals surface area (Å²) in [5.41, 5.74) is 7.73. The maximum atomic E-state index is 12.0. The van der Waals surface area contributed by atoms with Crippen molar-refractivity contribution < 1.29 is 9.53 Å². The van der Waals surface area contributed by atoms with Crippen molar-refractivity contribution in [2.45, 2.75) is 26.2 Å². The Hall–Kier alpha value is -1.55. The standard InChI is InChI=1S/C15H22N2O2/c1-11(2)13-5-3-4-6-14(13)17-9-12(7-8-16)10-19-15(17)18/h3-6,11-12H,7-10,16H2,1-2H3. The number of ether oxygens (including phenoxy) is 1. The lowest BCUT2D eigenvalue weighted by Gasteiger charge is -2.33. The molecule has 1 aromatic carbocycles. The van der Waals surface area contributed by atoms with E-state index in [4.69, 9.17) is 10.5 Å². The molecule has 0 bridgehead atoms. The smallest absolute Gasteiger partial charge is 0.414 e. The summed E-state index contributed by atoms with van der Waals surface area (Å²) < 4.78 is 5.28. The maximum Gasteiger partial charge on any atom is 0.414 e. The molecule has 1 fully saturated rings. The van der Waals surface area contributed by atoms with Gasteiger partial charge < -0.3 is 10.5 Å². The number of amides is 1. The maximum absolute atomic E-state index is 12.0. The van der Waals surface area contributed by atoms with E-state index in [9.17, 15) is 4.79 Å². The molecule has 1 aromatic rings. The van der Waals surface area contributed by atoms with Crippen molar-refractivity contribution in [1.29, 1.82) is 0 Å². The minimum Gasteiger partial charge on any atom is -0.449 e. The summed E-state index contributed by atoms with van der Waals surface area (Å²) in [5.74, 6) is 0.696. The first kappa shape index (κ1) is 13.9. The van der Waals surface area contributed by atoms with E-state index in [0.717, 1.165) is 12.1 Å². The van der Waals surface area contributed by atoms with Gasteiger partial charge in [0.15, 0.2) is 0 Å². The van der Waals surface area contributed by atoms with Gasteiger partial charge in [0.05, 0.1) is 12.3 Å². The van der Waals surface area contributed by atoms with Crippen molar-refractivity contribution in [2.24, 2.45) is 11.7 Å². The fourth-order valence-corrected chi connectivity index (χ4v) is 2.48. The van der Waals surface area contributed by atoms with Crippen LogP contribution in [-0.4, -0.2) is 25.8 Å². The summed E-state index contributed by atoms with van der Waals surface area (Å²) in [7, 11) is 0. The number of carbonyl (C=O) groups excluding carboxylic acids is 1. The molecule has 0 aliphatic carbocycles. The lowest BCUT2D eigenvalue weighted by Crippen LogP contribution is -2.44. The van der Waals surface area contributed by atoms with E-state index in [1.54, 1.807) is 4.90 Å². The predicted octanol–water partition coefficient (Wildman–Crippen LogP) is 2.73. The minimum absolute atomic E-state index is 0.249. The van der Waals surface area contributed by atoms with Gasteiger partial charge in [0.25, 0.3) is 0 Å². The first-order valence-corrected chi connectivity index (χ1v) is 6.86. The summed E-state index contributed by atoms with van der Waals surface area (Å²) in [4.78, 5) is 13.7. The van der Waals surface area contributed by atoms with Gasteiger partial charge in [-0.05, 0) is 30.5 Å². The molecular weight excluding hydrogens is 240 g/mol. The van der Waals surface area contributed by atoms with Crippen molar-refractivity contribution >= 4 is 11.8 Å². The Bertz CT molecular complexity index is 446. The van der Waals surface area contributed by atoms with Crippen LogP contribution in [0.15, 0.2) is 24.3 Å². The molecule has 104 valence electrons. The number of nitrogens with two attached hydrogens (primary N) is 1. The molecule has 1 atom stereocenters. The summed E-state index contributed by atoms with van der Waals surface area (Å²) >= 11 is 0. The Kier molecular flexibility index (Phi) is 4.43. The van der Waals surface area contributed by atoms with Crippen molar-refractivity contribution in [3.05, 3.63) is 29.8 Å². The molecule has 4 nitrogen and oxygen atoms in total. The molecule has 0 spiro atoms. The predicted molar refractivity (Wildman–Crippen MR) is 76.4 cm³/mol. The van der Waals surface area contributed by atoms with E-state index in [2.05, 4.69) is 19.9 Å². The molecule has 1 unspecified atom stereocenters. The Morgan fingerprint density at radius 1 is 1.42 bits per heavy atom. The van der Waals surface area contributed by atoms with Gasteiger partial charge in [0.2, 0.25) is 0 Å². The molecule has 2 rings (SSSR count). The van der Waals surface area contributed by atoms with Gasteiger partial charge in [-0.25, -0.2) is 4.79 Å². The van der Waals surface area contributed by atoms with Gasteiger partial charge in [0, 0.05) is 12.5 Å². The number of anilines is 1. The minimum atomic E-state index is -0.249. The molecule has 2 N–H and O–H groups in total. The number of benzene rings is 1. The van der Waals surface area contributed by atoms with E-state index >= 15 is 0 Å². The Morgan fingerprint density at radius 3 is 2.84 bits per heavy atom. The third-order valence-corrected chi connectivity index (χ3v) is 3.53. The Labute approximate surface area is 114 Å². The molecule has 0 radical (unpaired) electrons. The SMILES string of the molecule is CC(C)c1ccccc1N1CC(CCN)COC1=O. The van der Waals surface area contributed by atoms with Crippen LogP contribution in [0.25, 0.3) is 0 Å². The number of cyclic esters (lactones) is 1. The topological polar surface area (TPSA) is 55.6 Å². The van der Waals surface area contributed by atoms with Crippen LogP contribution < -0.4 is 10.6 Å². The average molecular weight is 262 g/mol. The van der Waals surface area contributed by atoms with Gasteiger partial charge in [-0.2, -0.15) is 0 Å². The quantitative estimate of drug-likeness (QED) is 0.907. The lowest BCUT2D eigenvalue weighted by atomic mass is 9.98. The molecule has 0 saturated carbocycles. The van der Waals surface area contributed by atoms with Gasteiger partial charge in [0.1, 0.15) is 0 Å². The average Bonchev–Trinajstić information content (AvgIpc) is 2.41. The Balaban J connectivity index is 2.26. The largest absolute Gasteiger partial charge is 0.449 e. The normalized spacial score (nSPS) is 19.7. The summed E-state index contributed by atoms with van der Waals surface area (Å²) in [6, 6.07) is 8.02. The zero-order valence-corrected chi connectivity index (χ0v) is 11.6. The highest BCUT2D eigenvalue weighted by atomic mass is 16.6. The molecule has 1 amide bonds. The third kappa shape index (κ3) is 3.07. The second-order valence-electron chi connectivity index (χ2n) is 5.34. The summed E-state index contributed by atoms with van der Waals surface area (Å²) in [5, 5.41) is 0. The van der Waals surface area contributed by atoms with Crippen molar-refractivity contribution in [2.75, 3.05) is 24.6 Å². The van der Waals surface area contributed by atoms with E-state index in [1.165, 1.54) is 5.56 Å². The first-order valence-electron chi connectivity index (χ1n) is 6.86. The number of hydrogen-bond donors (Lipinski definition) is 1. The van der Waals surface area contributed by atoms with Crippen LogP contribution in [0.5, 0.6) is 0 Å². The number of carbonyl (C=O) groups is 1. The highest BCUT2D eigenvalue weighted by molar-refractivity contribution is 5.89. The lowest BCUT2D eigenvalue weighted by molar-refractivity contribution is 0.113. The van der Waals surface area contributed by atoms with E-state index in [0.29, 0.717) is 31.5 Å². The molecule has 19 heavy (non-hydrogen) atoms. The number of rotatable bonds is 4. The molecule has 1 saturated heterocycles. The fraction of sp³-hybridized carbons (Fsp3) is 0.533. The highest BCUT2D eigenvalue weighted by Gasteiger charge is 2.29. The van der Waals surface area contributed by atoms with Gasteiger partial charge >= 0.3 is 6.09 Å². The van der Waals surface area contributed by atoms with Gasteiger partial charge in [-0.15, -0.1) is 0 Å². The number of para-hydroxylation sites is 1. The van der Waals surface area contributed by atoms with Crippen LogP contribution in [0.3, 0.4) is 0 Å². The first-order chi connectivity index (χ1) is 9.13. The second kappa shape index (κ2) is 6.06. The van der Waals surface area contributed by atoms with E-state index in [1.807, 2.05) is 18.2 Å². The molecule has 0 aromatic heterocycles. The number of nitrogens with zero attached hydrogens (tertiary/aromatic N) is 1. The van der Waals surface area contributed by atoms with Crippen LogP contribution >= 0.6 is 0 Å². The molecule has 1 aliphatic rings. The summed E-state index contributed by atoms with van der Waals surface area (Å²) in [6.45, 7) is 6.06. The molecule has 1 aliphatic heterocycles. The summed E-state index contributed by atoms with van der Waals surface area (Å²) in [6.07, 6.45) is 0.634. The molecule has 1 heterocycles. The monoisotopic (exact) mass is 262 g/mol. The van der Waals surface area contributed by atoms with Crippen LogP contribution in [0.2, 0.25) is 0 Å². The Morgan fingerprint density at radius 2 is 2.16 bits per heavy atom. The zero-order valence-electron chi connectivity index (χ0n) is 11.6. The zero-order chi connectivity index (χ0) is 13.8. The molecule has 4 heteroatoms. The van der Waals surface area contributed by atoms with E-state index < -0.39 is 0 Å². The fourth-order valence-electron chi connectivity index (χ4n) is 2.48. The van der Waals surface area contributed by atoms with Crippen LogP contribution in [0.1, 0.15) is 31.7 Å². The van der Waals surface area contributed by atoms with Gasteiger partial charge in [-0.1, -0.05) is 32.0 Å². The number of hydrogen-bond acceptors (Lipinski definition) is 3. The molecular formula is C15H22N2O2. The van der Waals surface area contributed by atoms with E-state index in [-0.39, 0.29) is 6.09 Å².